The average Bonchev–Trinajstić information content (AvgIpc) is 2.70. The van der Waals surface area contributed by atoms with Crippen molar-refractivity contribution in [3.05, 3.63) is 78.4 Å². The minimum absolute atomic E-state index is 0.0565. The van der Waals surface area contributed by atoms with Crippen molar-refractivity contribution in [1.29, 1.82) is 0 Å². The second-order valence-corrected chi connectivity index (χ2v) is 6.13. The molecule has 0 aliphatic carbocycles. The molecule has 28 heavy (non-hydrogen) atoms. The van der Waals surface area contributed by atoms with Gasteiger partial charge in [0, 0.05) is 11.6 Å². The van der Waals surface area contributed by atoms with Crippen LogP contribution in [0.5, 0.6) is 17.2 Å². The lowest BCUT2D eigenvalue weighted by atomic mass is 10.1. The zero-order valence-electron chi connectivity index (χ0n) is 15.2. The van der Waals surface area contributed by atoms with Crippen LogP contribution in [0, 0.1) is 0 Å². The molecule has 0 aliphatic rings. The van der Waals surface area contributed by atoms with E-state index in [-0.39, 0.29) is 11.5 Å². The summed E-state index contributed by atoms with van der Waals surface area (Å²) in [6.45, 7) is 1.62. The second-order valence-electron chi connectivity index (χ2n) is 6.13. The van der Waals surface area contributed by atoms with Gasteiger partial charge < -0.3 is 14.9 Å². The third kappa shape index (κ3) is 4.88. The predicted molar refractivity (Wildman–Crippen MR) is 107 cm³/mol. The van der Waals surface area contributed by atoms with Gasteiger partial charge in [0.1, 0.15) is 17.2 Å². The van der Waals surface area contributed by atoms with E-state index >= 15 is 0 Å². The number of benzene rings is 3. The maximum Gasteiger partial charge on any atom is 0.280 e. The topological polar surface area (TPSA) is 91.2 Å². The number of nitrogens with one attached hydrogen (secondary N) is 1. The largest absolute Gasteiger partial charge is 0.508 e. The lowest BCUT2D eigenvalue weighted by molar-refractivity contribution is -0.127. The lowest BCUT2D eigenvalue weighted by Crippen LogP contribution is -2.33. The first-order chi connectivity index (χ1) is 13.5. The summed E-state index contributed by atoms with van der Waals surface area (Å²) in [6, 6.07) is 21.5. The number of hydrazone groups is 1. The third-order valence-electron chi connectivity index (χ3n) is 4.04. The van der Waals surface area contributed by atoms with Crippen LogP contribution in [-0.4, -0.2) is 28.4 Å². The number of nitrogens with zero attached hydrogens (tertiary/aromatic N) is 1. The molecule has 3 aromatic carbocycles. The summed E-state index contributed by atoms with van der Waals surface area (Å²) in [4.78, 5) is 12.1. The van der Waals surface area contributed by atoms with Crippen LogP contribution in [-0.2, 0) is 4.79 Å². The van der Waals surface area contributed by atoms with Gasteiger partial charge >= 0.3 is 0 Å². The molecule has 0 saturated heterocycles. The number of rotatable bonds is 6. The SMILES string of the molecule is C[C@@H](Oc1ccc(-c2ccccc2)cc1)C(=O)N/N=C\c1ccc(O)cc1O. The predicted octanol–water partition coefficient (Wildman–Crippen LogP) is 3.68. The zero-order chi connectivity index (χ0) is 19.9. The van der Waals surface area contributed by atoms with Gasteiger partial charge in [-0.25, -0.2) is 5.43 Å². The molecule has 3 rings (SSSR count). The Hall–Kier alpha value is -3.80. The molecule has 0 spiro atoms. The molecule has 3 aromatic rings. The van der Waals surface area contributed by atoms with Gasteiger partial charge in [-0.1, -0.05) is 42.5 Å². The number of hydrogen-bond acceptors (Lipinski definition) is 5. The van der Waals surface area contributed by atoms with Crippen molar-refractivity contribution in [1.82, 2.24) is 5.43 Å². The minimum Gasteiger partial charge on any atom is -0.508 e. The Bertz CT molecular complexity index is 970. The highest BCUT2D eigenvalue weighted by Gasteiger charge is 2.14. The molecule has 0 aromatic heterocycles. The van der Waals surface area contributed by atoms with Crippen LogP contribution in [0.1, 0.15) is 12.5 Å². The monoisotopic (exact) mass is 376 g/mol. The molecule has 0 bridgehead atoms. The molecule has 1 amide bonds. The number of amides is 1. The molecule has 0 fully saturated rings. The van der Waals surface area contributed by atoms with Crippen LogP contribution in [0.4, 0.5) is 0 Å². The molecule has 6 heteroatoms. The van der Waals surface area contributed by atoms with E-state index in [1.165, 1.54) is 24.4 Å². The van der Waals surface area contributed by atoms with Crippen molar-refractivity contribution in [2.75, 3.05) is 0 Å². The highest BCUT2D eigenvalue weighted by atomic mass is 16.5. The molecule has 142 valence electrons. The van der Waals surface area contributed by atoms with Gasteiger partial charge in [0.25, 0.3) is 5.91 Å². The fourth-order valence-electron chi connectivity index (χ4n) is 2.51. The first kappa shape index (κ1) is 19.0. The van der Waals surface area contributed by atoms with E-state index in [0.29, 0.717) is 11.3 Å². The van der Waals surface area contributed by atoms with Gasteiger partial charge in [-0.3, -0.25) is 4.79 Å². The van der Waals surface area contributed by atoms with Gasteiger partial charge in [0.2, 0.25) is 0 Å². The molecule has 3 N–H and O–H groups in total. The van der Waals surface area contributed by atoms with Crippen LogP contribution in [0.15, 0.2) is 77.9 Å². The van der Waals surface area contributed by atoms with Gasteiger partial charge in [0.15, 0.2) is 6.10 Å². The summed E-state index contributed by atoms with van der Waals surface area (Å²) in [7, 11) is 0. The van der Waals surface area contributed by atoms with Crippen LogP contribution < -0.4 is 10.2 Å². The third-order valence-corrected chi connectivity index (χ3v) is 4.04. The molecule has 0 radical (unpaired) electrons. The van der Waals surface area contributed by atoms with E-state index in [1.54, 1.807) is 6.92 Å². The normalized spacial score (nSPS) is 11.9. The standard InChI is InChI=1S/C22H20N2O4/c1-15(22(27)24-23-14-18-7-10-19(25)13-21(18)26)28-20-11-8-17(9-12-20)16-5-3-2-4-6-16/h2-15,25-26H,1H3,(H,24,27)/b23-14-/t15-/m1/s1. The summed E-state index contributed by atoms with van der Waals surface area (Å²) < 4.78 is 5.64. The fraction of sp³-hybridized carbons (Fsp3) is 0.0909. The Morgan fingerprint density at radius 1 is 1.00 bits per heavy atom. The maximum atomic E-state index is 12.1. The van der Waals surface area contributed by atoms with E-state index in [0.717, 1.165) is 11.1 Å². The van der Waals surface area contributed by atoms with E-state index in [4.69, 9.17) is 4.74 Å². The van der Waals surface area contributed by atoms with Crippen molar-refractivity contribution >= 4 is 12.1 Å². The number of carbonyl (C=O) groups is 1. The fourth-order valence-corrected chi connectivity index (χ4v) is 2.51. The van der Waals surface area contributed by atoms with Crippen LogP contribution in [0.25, 0.3) is 11.1 Å². The van der Waals surface area contributed by atoms with E-state index in [9.17, 15) is 15.0 Å². The van der Waals surface area contributed by atoms with E-state index < -0.39 is 12.0 Å². The minimum atomic E-state index is -0.756. The molecular weight excluding hydrogens is 356 g/mol. The number of hydrogen-bond donors (Lipinski definition) is 3. The van der Waals surface area contributed by atoms with Crippen molar-refractivity contribution in [2.45, 2.75) is 13.0 Å². The Balaban J connectivity index is 1.56. The van der Waals surface area contributed by atoms with Crippen LogP contribution >= 0.6 is 0 Å². The van der Waals surface area contributed by atoms with E-state index in [2.05, 4.69) is 10.5 Å². The summed E-state index contributed by atoms with van der Waals surface area (Å²) in [5.41, 5.74) is 4.89. The van der Waals surface area contributed by atoms with Gasteiger partial charge in [-0.05, 0) is 42.3 Å². The van der Waals surface area contributed by atoms with E-state index in [1.807, 2.05) is 54.6 Å². The summed E-state index contributed by atoms with van der Waals surface area (Å²) in [6.07, 6.45) is 0.529. The molecule has 0 heterocycles. The Morgan fingerprint density at radius 3 is 2.36 bits per heavy atom. The Morgan fingerprint density at radius 2 is 1.68 bits per heavy atom. The maximum absolute atomic E-state index is 12.1. The smallest absolute Gasteiger partial charge is 0.280 e. The lowest BCUT2D eigenvalue weighted by Gasteiger charge is -2.13. The van der Waals surface area contributed by atoms with Gasteiger partial charge in [0.05, 0.1) is 6.21 Å². The van der Waals surface area contributed by atoms with Crippen molar-refractivity contribution in [3.63, 3.8) is 0 Å². The molecule has 0 unspecified atom stereocenters. The van der Waals surface area contributed by atoms with Crippen LogP contribution in [0.2, 0.25) is 0 Å². The van der Waals surface area contributed by atoms with Gasteiger partial charge in [-0.15, -0.1) is 0 Å². The molecular formula is C22H20N2O4. The van der Waals surface area contributed by atoms with Gasteiger partial charge in [-0.2, -0.15) is 5.10 Å². The van der Waals surface area contributed by atoms with Crippen molar-refractivity contribution in [3.8, 4) is 28.4 Å². The number of phenolic OH excluding ortho intramolecular Hbond substituents is 2. The number of ether oxygens (including phenoxy) is 1. The summed E-state index contributed by atoms with van der Waals surface area (Å²) in [5, 5.41) is 22.7. The Labute approximate surface area is 162 Å². The first-order valence-corrected chi connectivity index (χ1v) is 8.70. The number of phenols is 2. The number of aromatic hydroxyl groups is 2. The molecule has 1 atom stereocenters. The van der Waals surface area contributed by atoms with Crippen molar-refractivity contribution < 1.29 is 19.7 Å². The first-order valence-electron chi connectivity index (χ1n) is 8.70. The molecule has 0 aliphatic heterocycles. The molecule has 6 nitrogen and oxygen atoms in total. The highest BCUT2D eigenvalue weighted by molar-refractivity contribution is 5.86. The average molecular weight is 376 g/mol. The summed E-state index contributed by atoms with van der Waals surface area (Å²) >= 11 is 0. The van der Waals surface area contributed by atoms with Crippen LogP contribution in [0.3, 0.4) is 0 Å². The quantitative estimate of drug-likeness (QED) is 0.452. The van der Waals surface area contributed by atoms with Crippen molar-refractivity contribution in [2.24, 2.45) is 5.10 Å². The number of carbonyl (C=O) groups excluding carboxylic acids is 1. The molecule has 0 saturated carbocycles. The second kappa shape index (κ2) is 8.73. The summed E-state index contributed by atoms with van der Waals surface area (Å²) in [5.74, 6) is -0.0519. The Kier molecular flexibility index (Phi) is 5.91. The highest BCUT2D eigenvalue weighted by Crippen LogP contribution is 2.23. The zero-order valence-corrected chi connectivity index (χ0v) is 15.2.